The molecule has 0 saturated carbocycles. The fourth-order valence-electron chi connectivity index (χ4n) is 2.31. The number of benzene rings is 2. The van der Waals surface area contributed by atoms with Gasteiger partial charge in [-0.1, -0.05) is 41.9 Å². The summed E-state index contributed by atoms with van der Waals surface area (Å²) in [5, 5.41) is 6.89. The van der Waals surface area contributed by atoms with Gasteiger partial charge in [0.15, 0.2) is 6.10 Å². The average molecular weight is 402 g/mol. The molecule has 1 heterocycles. The topological polar surface area (TPSA) is 103 Å². The van der Waals surface area contributed by atoms with Gasteiger partial charge in [0.2, 0.25) is 5.89 Å². The predicted molar refractivity (Wildman–Crippen MR) is 102 cm³/mol. The monoisotopic (exact) mass is 401 g/mol. The van der Waals surface area contributed by atoms with Gasteiger partial charge in [0.25, 0.3) is 5.91 Å². The van der Waals surface area contributed by atoms with Crippen LogP contribution in [-0.2, 0) is 20.9 Å². The maximum atomic E-state index is 12.2. The van der Waals surface area contributed by atoms with Gasteiger partial charge in [-0.05, 0) is 31.2 Å². The number of carbonyl (C=O) groups is 2. The van der Waals surface area contributed by atoms with Crippen molar-refractivity contribution in [3.8, 4) is 11.5 Å². The van der Waals surface area contributed by atoms with Gasteiger partial charge in [0, 0.05) is 5.56 Å². The van der Waals surface area contributed by atoms with Crippen molar-refractivity contribution in [1.29, 1.82) is 0 Å². The van der Waals surface area contributed by atoms with Crippen molar-refractivity contribution in [1.82, 2.24) is 9.78 Å². The summed E-state index contributed by atoms with van der Waals surface area (Å²) in [4.78, 5) is 36.1. The molecule has 0 fully saturated rings. The molecule has 1 aromatic heterocycles. The lowest BCUT2D eigenvalue weighted by Gasteiger charge is -2.13. The van der Waals surface area contributed by atoms with Crippen LogP contribution in [0.5, 0.6) is 0 Å². The lowest BCUT2D eigenvalue weighted by molar-refractivity contribution is -0.154. The first-order chi connectivity index (χ1) is 13.4. The zero-order chi connectivity index (χ0) is 20.1. The molecule has 3 rings (SSSR count). The first kappa shape index (κ1) is 19.4. The van der Waals surface area contributed by atoms with Gasteiger partial charge in [-0.15, -0.1) is 5.10 Å². The Bertz CT molecular complexity index is 1040. The molecule has 0 saturated heterocycles. The lowest BCUT2D eigenvalue weighted by atomic mass is 10.2. The number of anilines is 1. The van der Waals surface area contributed by atoms with Crippen molar-refractivity contribution in [3.63, 3.8) is 0 Å². The molecule has 1 atom stereocenters. The number of esters is 1. The Morgan fingerprint density at radius 1 is 1.18 bits per heavy atom. The first-order valence-electron chi connectivity index (χ1n) is 8.32. The average Bonchev–Trinajstić information content (AvgIpc) is 3.04. The fourth-order valence-corrected chi connectivity index (χ4v) is 2.49. The van der Waals surface area contributed by atoms with Crippen molar-refractivity contribution in [2.75, 3.05) is 5.32 Å². The van der Waals surface area contributed by atoms with E-state index in [0.717, 1.165) is 4.68 Å². The van der Waals surface area contributed by atoms with Crippen molar-refractivity contribution in [2.24, 2.45) is 0 Å². The number of rotatable bonds is 6. The van der Waals surface area contributed by atoms with E-state index in [9.17, 15) is 14.4 Å². The third kappa shape index (κ3) is 4.66. The highest BCUT2D eigenvalue weighted by molar-refractivity contribution is 6.33. The third-order valence-electron chi connectivity index (χ3n) is 3.72. The number of para-hydroxylation sites is 1. The molecule has 0 radical (unpaired) electrons. The van der Waals surface area contributed by atoms with Crippen LogP contribution in [-0.4, -0.2) is 27.8 Å². The molecule has 2 aromatic carbocycles. The van der Waals surface area contributed by atoms with Crippen LogP contribution in [0.15, 0.2) is 63.8 Å². The van der Waals surface area contributed by atoms with E-state index in [2.05, 4.69) is 10.4 Å². The number of hydrogen-bond donors (Lipinski definition) is 1. The van der Waals surface area contributed by atoms with Gasteiger partial charge >= 0.3 is 11.7 Å². The van der Waals surface area contributed by atoms with Crippen molar-refractivity contribution >= 4 is 29.2 Å². The Hall–Kier alpha value is -3.39. The Kier molecular flexibility index (Phi) is 5.90. The number of amides is 1. The summed E-state index contributed by atoms with van der Waals surface area (Å²) in [6, 6.07) is 15.4. The van der Waals surface area contributed by atoms with E-state index in [1.165, 1.54) is 6.92 Å². The molecule has 0 spiro atoms. The van der Waals surface area contributed by atoms with E-state index in [1.807, 2.05) is 6.07 Å². The summed E-state index contributed by atoms with van der Waals surface area (Å²) >= 11 is 5.98. The van der Waals surface area contributed by atoms with Gasteiger partial charge in [-0.2, -0.15) is 4.68 Å². The minimum absolute atomic E-state index is 0.0860. The molecule has 0 bridgehead atoms. The highest BCUT2D eigenvalue weighted by Gasteiger charge is 2.20. The number of nitrogens with one attached hydrogen (secondary N) is 1. The van der Waals surface area contributed by atoms with Crippen LogP contribution in [0.25, 0.3) is 11.5 Å². The minimum Gasteiger partial charge on any atom is -0.451 e. The number of carbonyl (C=O) groups excluding carboxylic acids is 2. The summed E-state index contributed by atoms with van der Waals surface area (Å²) in [7, 11) is 0. The molecule has 1 amide bonds. The number of hydrogen-bond acceptors (Lipinski definition) is 6. The van der Waals surface area contributed by atoms with Crippen LogP contribution in [0, 0.1) is 0 Å². The normalized spacial score (nSPS) is 11.6. The Balaban J connectivity index is 1.61. The standard InChI is InChI=1S/C19H16ClN3O5/c1-12(17(25)21-15-10-6-5-9-14(15)20)27-16(24)11-23-19(26)28-18(22-23)13-7-3-2-4-8-13/h2-10,12H,11H2,1H3,(H,21,25)/t12-/m0/s1. The summed E-state index contributed by atoms with van der Waals surface area (Å²) in [5.41, 5.74) is 0.997. The van der Waals surface area contributed by atoms with E-state index in [1.54, 1.807) is 48.5 Å². The predicted octanol–water partition coefficient (Wildman–Crippen LogP) is 2.73. The van der Waals surface area contributed by atoms with Crippen LogP contribution < -0.4 is 11.1 Å². The summed E-state index contributed by atoms with van der Waals surface area (Å²) in [5.74, 6) is -2.08. The highest BCUT2D eigenvalue weighted by Crippen LogP contribution is 2.20. The second-order valence-corrected chi connectivity index (χ2v) is 6.21. The molecule has 0 aliphatic rings. The van der Waals surface area contributed by atoms with Gasteiger partial charge in [0.1, 0.15) is 6.54 Å². The van der Waals surface area contributed by atoms with Crippen LogP contribution in [0.3, 0.4) is 0 Å². The van der Waals surface area contributed by atoms with Crippen LogP contribution in [0.2, 0.25) is 5.02 Å². The largest absolute Gasteiger partial charge is 0.451 e. The second kappa shape index (κ2) is 8.53. The van der Waals surface area contributed by atoms with E-state index in [4.69, 9.17) is 20.8 Å². The first-order valence-corrected chi connectivity index (χ1v) is 8.70. The molecule has 8 nitrogen and oxygen atoms in total. The van der Waals surface area contributed by atoms with Gasteiger partial charge in [-0.25, -0.2) is 4.79 Å². The van der Waals surface area contributed by atoms with Crippen LogP contribution in [0.4, 0.5) is 5.69 Å². The van der Waals surface area contributed by atoms with Crippen molar-refractivity contribution < 1.29 is 18.7 Å². The quantitative estimate of drug-likeness (QED) is 0.637. The number of ether oxygens (including phenoxy) is 1. The summed E-state index contributed by atoms with van der Waals surface area (Å²) in [6.07, 6.45) is -1.10. The molecule has 0 unspecified atom stereocenters. The SMILES string of the molecule is C[C@H](OC(=O)Cn1nc(-c2ccccc2)oc1=O)C(=O)Nc1ccccc1Cl. The Morgan fingerprint density at radius 3 is 2.57 bits per heavy atom. The maximum absolute atomic E-state index is 12.2. The van der Waals surface area contributed by atoms with Crippen molar-refractivity contribution in [2.45, 2.75) is 19.6 Å². The van der Waals surface area contributed by atoms with E-state index in [-0.39, 0.29) is 5.89 Å². The Morgan fingerprint density at radius 2 is 1.86 bits per heavy atom. The summed E-state index contributed by atoms with van der Waals surface area (Å²) in [6.45, 7) is 0.921. The zero-order valence-corrected chi connectivity index (χ0v) is 15.6. The number of aromatic nitrogens is 2. The Labute approximate surface area is 164 Å². The van der Waals surface area contributed by atoms with E-state index < -0.39 is 30.3 Å². The molecular weight excluding hydrogens is 386 g/mol. The zero-order valence-electron chi connectivity index (χ0n) is 14.8. The third-order valence-corrected chi connectivity index (χ3v) is 4.04. The summed E-state index contributed by atoms with van der Waals surface area (Å²) < 4.78 is 10.9. The van der Waals surface area contributed by atoms with E-state index >= 15 is 0 Å². The molecule has 0 aliphatic carbocycles. The molecule has 0 aliphatic heterocycles. The van der Waals surface area contributed by atoms with E-state index in [0.29, 0.717) is 16.3 Å². The molecule has 9 heteroatoms. The van der Waals surface area contributed by atoms with Gasteiger partial charge in [0.05, 0.1) is 10.7 Å². The minimum atomic E-state index is -1.10. The molecule has 1 N–H and O–H groups in total. The molecule has 3 aromatic rings. The van der Waals surface area contributed by atoms with Gasteiger partial charge < -0.3 is 14.5 Å². The number of nitrogens with zero attached hydrogens (tertiary/aromatic N) is 2. The number of halogens is 1. The van der Waals surface area contributed by atoms with Gasteiger partial charge in [-0.3, -0.25) is 9.59 Å². The van der Waals surface area contributed by atoms with Crippen molar-refractivity contribution in [3.05, 3.63) is 70.2 Å². The molecule has 28 heavy (non-hydrogen) atoms. The lowest BCUT2D eigenvalue weighted by Crippen LogP contribution is -2.32. The second-order valence-electron chi connectivity index (χ2n) is 5.80. The molecule has 144 valence electrons. The fraction of sp³-hybridized carbons (Fsp3) is 0.158. The van der Waals surface area contributed by atoms with Crippen LogP contribution in [0.1, 0.15) is 6.92 Å². The highest BCUT2D eigenvalue weighted by atomic mass is 35.5. The smallest absolute Gasteiger partial charge is 0.437 e. The maximum Gasteiger partial charge on any atom is 0.437 e. The van der Waals surface area contributed by atoms with Crippen LogP contribution >= 0.6 is 11.6 Å². The molecular formula is C19H16ClN3O5.